The Morgan fingerprint density at radius 3 is 0.790 bits per heavy atom. The van der Waals surface area contributed by atoms with E-state index in [1.54, 1.807) is 0 Å². The zero-order valence-corrected chi connectivity index (χ0v) is 41.3. The van der Waals surface area contributed by atoms with Gasteiger partial charge in [-0.2, -0.15) is 0 Å². The van der Waals surface area contributed by atoms with Crippen molar-refractivity contribution in [2.45, 2.75) is 169 Å². The highest BCUT2D eigenvalue weighted by molar-refractivity contribution is 6.74. The second-order valence-electron chi connectivity index (χ2n) is 22.6. The van der Waals surface area contributed by atoms with Crippen molar-refractivity contribution >= 4 is 39.8 Å². The number of nitrogens with zero attached hydrogens (tertiary/aromatic N) is 2. The molecule has 2 aromatic rings. The third-order valence-corrected chi connectivity index (χ3v) is 14.9. The van der Waals surface area contributed by atoms with Crippen LogP contribution in [0.1, 0.15) is 170 Å². The average Bonchev–Trinajstić information content (AvgIpc) is 4.04. The Labute approximate surface area is 377 Å². The fourth-order valence-electron chi connectivity index (χ4n) is 13.1. The molecule has 0 unspecified atom stereocenters. The molecule has 0 aliphatic carbocycles. The highest BCUT2D eigenvalue weighted by Gasteiger charge is 2.78. The van der Waals surface area contributed by atoms with Crippen LogP contribution < -0.4 is 9.80 Å². The summed E-state index contributed by atoms with van der Waals surface area (Å²) in [5.74, 6) is 1.56. The maximum atomic E-state index is 6.31. The minimum atomic E-state index is -0.599. The molecule has 6 aliphatic rings. The molecule has 8 rings (SSSR count). The molecule has 0 radical (unpaired) electrons. The Balaban J connectivity index is 0.000000186. The van der Waals surface area contributed by atoms with Gasteiger partial charge in [-0.3, -0.25) is 0 Å². The van der Waals surface area contributed by atoms with Crippen molar-refractivity contribution in [3.63, 3.8) is 0 Å². The molecule has 0 amide bonds. The smallest absolute Gasteiger partial charge is 0.408 e. The van der Waals surface area contributed by atoms with Gasteiger partial charge >= 0.3 is 28.5 Å². The maximum absolute atomic E-state index is 6.31. The van der Waals surface area contributed by atoms with Gasteiger partial charge < -0.3 is 47.0 Å². The van der Waals surface area contributed by atoms with Gasteiger partial charge in [0.25, 0.3) is 0 Å². The molecule has 0 aromatic heterocycles. The van der Waals surface area contributed by atoms with Crippen molar-refractivity contribution in [3.05, 3.63) is 58.7 Å². The average molecular weight is 854 g/mol. The molecule has 6 aliphatic heterocycles. The normalized spacial score (nSPS) is 24.8. The van der Waals surface area contributed by atoms with E-state index in [0.717, 1.165) is 12.8 Å². The number of anilines is 2. The minimum Gasteiger partial charge on any atom is -0.408 e. The van der Waals surface area contributed by atoms with Crippen molar-refractivity contribution < 1.29 is 37.2 Å². The molecule has 340 valence electrons. The van der Waals surface area contributed by atoms with Crippen LogP contribution in [-0.4, -0.2) is 103 Å². The number of hydrogen-bond donors (Lipinski definition) is 0. The summed E-state index contributed by atoms with van der Waals surface area (Å²) in [6.07, 6.45) is 1.97. The summed E-state index contributed by atoms with van der Waals surface area (Å²) in [5.41, 5.74) is 7.44. The van der Waals surface area contributed by atoms with Gasteiger partial charge in [-0.25, -0.2) is 0 Å². The Kier molecular flexibility index (Phi) is 13.6. The van der Waals surface area contributed by atoms with E-state index >= 15 is 0 Å². The maximum Gasteiger partial charge on any atom is 0.482 e. The highest BCUT2D eigenvalue weighted by atomic mass is 16.7. The van der Waals surface area contributed by atoms with Crippen LogP contribution in [0.25, 0.3) is 0 Å². The van der Waals surface area contributed by atoms with Crippen LogP contribution >= 0.6 is 0 Å². The van der Waals surface area contributed by atoms with Gasteiger partial charge in [0.1, 0.15) is 10.7 Å². The fourth-order valence-corrected chi connectivity index (χ4v) is 13.1. The summed E-state index contributed by atoms with van der Waals surface area (Å²) >= 11 is 0. The summed E-state index contributed by atoms with van der Waals surface area (Å²) in [4.78, 5) is 5.22. The Bertz CT molecular complexity index is 1650. The lowest BCUT2D eigenvalue weighted by molar-refractivity contribution is 0.222. The third-order valence-electron chi connectivity index (χ3n) is 14.9. The van der Waals surface area contributed by atoms with Crippen molar-refractivity contribution in [2.75, 3.05) is 62.7 Å². The lowest BCUT2D eigenvalue weighted by Crippen LogP contribution is -2.74. The Morgan fingerprint density at radius 2 is 0.597 bits per heavy atom. The van der Waals surface area contributed by atoms with Gasteiger partial charge in [0.15, 0.2) is 0 Å². The van der Waals surface area contributed by atoms with Crippen LogP contribution in [0.5, 0.6) is 0 Å². The van der Waals surface area contributed by atoms with Crippen LogP contribution in [0.3, 0.4) is 0 Å². The lowest BCUT2D eigenvalue weighted by atomic mass is 9.36. The van der Waals surface area contributed by atoms with Crippen LogP contribution in [0.4, 0.5) is 11.4 Å². The number of rotatable bonds is 10. The van der Waals surface area contributed by atoms with Gasteiger partial charge in [0.2, 0.25) is 0 Å². The van der Waals surface area contributed by atoms with E-state index in [9.17, 15) is 0 Å². The minimum absolute atomic E-state index is 0.136. The molecule has 14 heteroatoms. The topological polar surface area (TPSA) is 80.3 Å². The monoisotopic (exact) mass is 855 g/mol. The van der Waals surface area contributed by atoms with E-state index < -0.39 is 39.1 Å². The molecule has 0 bridgehead atoms. The molecule has 10 nitrogen and oxygen atoms in total. The standard InChI is InChI=1S/2C24H39B2NO4/c2*1-17(2)19-10-9-11-20(18(3)4)21(19)27-23(7,8)16-22(5,6)24(27,25-28-12-13-29-25)26-30-14-15-31-26/h2*9-11,17-18H,12-16H2,1-8H3. The number of para-hydroxylation sites is 2. The van der Waals surface area contributed by atoms with Crippen molar-refractivity contribution in [1.82, 2.24) is 0 Å². The summed E-state index contributed by atoms with van der Waals surface area (Å²) in [6.45, 7) is 41.8. The molecular formula is C48H78B4N2O8. The van der Waals surface area contributed by atoms with E-state index in [4.69, 9.17) is 37.2 Å². The van der Waals surface area contributed by atoms with Crippen molar-refractivity contribution in [1.29, 1.82) is 0 Å². The van der Waals surface area contributed by atoms with Crippen LogP contribution in [0, 0.1) is 10.8 Å². The van der Waals surface area contributed by atoms with Crippen molar-refractivity contribution in [2.24, 2.45) is 10.8 Å². The first-order valence-corrected chi connectivity index (χ1v) is 23.9. The third kappa shape index (κ3) is 7.74. The molecule has 0 spiro atoms. The fraction of sp³-hybridized carbons (Fsp3) is 0.750. The second kappa shape index (κ2) is 17.7. The molecule has 2 aromatic carbocycles. The van der Waals surface area contributed by atoms with E-state index in [1.807, 2.05) is 0 Å². The van der Waals surface area contributed by atoms with Crippen LogP contribution in [0.2, 0.25) is 0 Å². The second-order valence-corrected chi connectivity index (χ2v) is 22.6. The summed E-state index contributed by atoms with van der Waals surface area (Å²) in [5, 5.41) is -1.20. The molecule has 6 heterocycles. The first-order chi connectivity index (χ1) is 29.1. The molecule has 0 saturated carbocycles. The zero-order valence-electron chi connectivity index (χ0n) is 41.3. The molecule has 0 atom stereocenters. The first-order valence-electron chi connectivity index (χ1n) is 23.9. The Hall–Kier alpha value is -2.02. The van der Waals surface area contributed by atoms with Crippen molar-refractivity contribution in [3.8, 4) is 0 Å². The summed E-state index contributed by atoms with van der Waals surface area (Å²) in [7, 11) is -1.64. The quantitative estimate of drug-likeness (QED) is 0.216. The van der Waals surface area contributed by atoms with E-state index in [0.29, 0.717) is 76.5 Å². The summed E-state index contributed by atoms with van der Waals surface area (Å²) in [6, 6.07) is 13.5. The van der Waals surface area contributed by atoms with E-state index in [2.05, 4.69) is 157 Å². The zero-order chi connectivity index (χ0) is 45.2. The predicted molar refractivity (Wildman–Crippen MR) is 255 cm³/mol. The van der Waals surface area contributed by atoms with Crippen LogP contribution in [0.15, 0.2) is 36.4 Å². The van der Waals surface area contributed by atoms with E-state index in [-0.39, 0.29) is 21.9 Å². The van der Waals surface area contributed by atoms with Crippen LogP contribution in [-0.2, 0) is 37.2 Å². The molecule has 62 heavy (non-hydrogen) atoms. The number of hydrogen-bond acceptors (Lipinski definition) is 10. The van der Waals surface area contributed by atoms with Gasteiger partial charge in [0.05, 0.1) is 52.9 Å². The largest absolute Gasteiger partial charge is 0.482 e. The van der Waals surface area contributed by atoms with Gasteiger partial charge in [-0.1, -0.05) is 119 Å². The molecular weight excluding hydrogens is 776 g/mol. The van der Waals surface area contributed by atoms with Gasteiger partial charge in [-0.15, -0.1) is 0 Å². The molecule has 0 N–H and O–H groups in total. The molecule has 6 fully saturated rings. The molecule has 6 saturated heterocycles. The highest BCUT2D eigenvalue weighted by Crippen LogP contribution is 2.62. The number of benzene rings is 2. The SMILES string of the molecule is CC(C)c1cccc(C(C)C)c1N1C(C)(C)CC(C)(C)C1(B1OCCO1)B1OCCO1.CC(C)c1cccc(C(C)C)c1N1C(C)(C)CC(C)(C)C1(B1OCCO1)B1OCCO1. The first kappa shape index (κ1) is 47.9. The summed E-state index contributed by atoms with van der Waals surface area (Å²) < 4.78 is 50.5. The Morgan fingerprint density at radius 1 is 0.387 bits per heavy atom. The van der Waals surface area contributed by atoms with E-state index in [1.165, 1.54) is 33.6 Å². The lowest BCUT2D eigenvalue weighted by Gasteiger charge is -2.52. The van der Waals surface area contributed by atoms with Gasteiger partial charge in [-0.05, 0) is 97.3 Å². The predicted octanol–water partition coefficient (Wildman–Crippen LogP) is 9.67. The van der Waals surface area contributed by atoms with Gasteiger partial charge in [0, 0.05) is 22.5 Å².